The third-order valence-corrected chi connectivity index (χ3v) is 3.21. The molecule has 4 heteroatoms. The molecular weight excluding hydrogens is 280 g/mol. The molecule has 1 amide bonds. The minimum Gasteiger partial charge on any atom is -0.398 e. The average molecular weight is 299 g/mol. The van der Waals surface area contributed by atoms with Gasteiger partial charge in [-0.05, 0) is 38.0 Å². The zero-order valence-electron chi connectivity index (χ0n) is 10.5. The molecule has 0 heterocycles. The fraction of sp³-hybridized carbons (Fsp3) is 0.462. The molecule has 1 aromatic carbocycles. The van der Waals surface area contributed by atoms with Crippen molar-refractivity contribution in [3.8, 4) is 0 Å². The molecule has 1 atom stereocenters. The number of amides is 1. The Labute approximate surface area is 111 Å². The summed E-state index contributed by atoms with van der Waals surface area (Å²) in [4.78, 5) is 12.1. The maximum atomic E-state index is 12.1. The van der Waals surface area contributed by atoms with Gasteiger partial charge in [-0.25, -0.2) is 0 Å². The van der Waals surface area contributed by atoms with Crippen LogP contribution in [-0.2, 0) is 0 Å². The Morgan fingerprint density at radius 3 is 2.76 bits per heavy atom. The molecule has 0 saturated carbocycles. The van der Waals surface area contributed by atoms with E-state index < -0.39 is 0 Å². The van der Waals surface area contributed by atoms with Gasteiger partial charge in [0.25, 0.3) is 5.91 Å². The molecule has 1 unspecified atom stereocenters. The molecule has 0 radical (unpaired) electrons. The lowest BCUT2D eigenvalue weighted by Gasteiger charge is -2.15. The number of halogens is 1. The highest BCUT2D eigenvalue weighted by molar-refractivity contribution is 9.10. The van der Waals surface area contributed by atoms with Gasteiger partial charge in [0.15, 0.2) is 0 Å². The summed E-state index contributed by atoms with van der Waals surface area (Å²) < 4.78 is 0.828. The predicted octanol–water partition coefficient (Wildman–Crippen LogP) is 3.26. The van der Waals surface area contributed by atoms with E-state index >= 15 is 0 Å². The van der Waals surface area contributed by atoms with Gasteiger partial charge in [-0.2, -0.15) is 0 Å². The van der Waals surface area contributed by atoms with E-state index in [0.29, 0.717) is 11.3 Å². The van der Waals surface area contributed by atoms with Gasteiger partial charge in [-0.3, -0.25) is 4.79 Å². The largest absolute Gasteiger partial charge is 0.398 e. The zero-order valence-corrected chi connectivity index (χ0v) is 12.1. The lowest BCUT2D eigenvalue weighted by atomic mass is 10.1. The Balaban J connectivity index is 2.89. The van der Waals surface area contributed by atoms with Crippen molar-refractivity contribution >= 4 is 27.5 Å². The van der Waals surface area contributed by atoms with Gasteiger partial charge < -0.3 is 11.1 Å². The lowest BCUT2D eigenvalue weighted by molar-refractivity contribution is 0.0937. The second-order valence-corrected chi connectivity index (χ2v) is 5.25. The second-order valence-electron chi connectivity index (χ2n) is 4.33. The fourth-order valence-corrected chi connectivity index (χ4v) is 2.22. The number of carbonyl (C=O) groups is 1. The molecule has 3 nitrogen and oxygen atoms in total. The molecule has 94 valence electrons. The van der Waals surface area contributed by atoms with Crippen molar-refractivity contribution in [2.45, 2.75) is 39.7 Å². The third kappa shape index (κ3) is 3.73. The van der Waals surface area contributed by atoms with E-state index in [4.69, 9.17) is 5.73 Å². The van der Waals surface area contributed by atoms with Crippen molar-refractivity contribution < 1.29 is 4.79 Å². The van der Waals surface area contributed by atoms with Crippen LogP contribution in [0, 0.1) is 6.92 Å². The zero-order chi connectivity index (χ0) is 13.0. The van der Waals surface area contributed by atoms with E-state index in [-0.39, 0.29) is 11.9 Å². The summed E-state index contributed by atoms with van der Waals surface area (Å²) in [5.41, 5.74) is 7.94. The Hall–Kier alpha value is -1.03. The molecular formula is C13H19BrN2O. The molecule has 3 N–H and O–H groups in total. The van der Waals surface area contributed by atoms with Crippen LogP contribution in [-0.4, -0.2) is 11.9 Å². The smallest absolute Gasteiger partial charge is 0.251 e. The van der Waals surface area contributed by atoms with Gasteiger partial charge in [0.05, 0.1) is 0 Å². The van der Waals surface area contributed by atoms with Crippen molar-refractivity contribution in [2.24, 2.45) is 0 Å². The first-order chi connectivity index (χ1) is 7.95. The minimum absolute atomic E-state index is 0.0588. The van der Waals surface area contributed by atoms with E-state index in [1.54, 1.807) is 6.07 Å². The van der Waals surface area contributed by atoms with Crippen molar-refractivity contribution in [1.29, 1.82) is 0 Å². The number of rotatable bonds is 4. The van der Waals surface area contributed by atoms with Crippen LogP contribution in [0.25, 0.3) is 0 Å². The average Bonchev–Trinajstić information content (AvgIpc) is 2.23. The van der Waals surface area contributed by atoms with E-state index in [0.717, 1.165) is 22.9 Å². The Bertz CT molecular complexity index is 418. The van der Waals surface area contributed by atoms with E-state index in [1.165, 1.54) is 0 Å². The van der Waals surface area contributed by atoms with Crippen molar-refractivity contribution in [1.82, 2.24) is 5.32 Å². The summed E-state index contributed by atoms with van der Waals surface area (Å²) in [5, 5.41) is 2.98. The predicted molar refractivity (Wildman–Crippen MR) is 75.1 cm³/mol. The molecule has 0 aliphatic carbocycles. The van der Waals surface area contributed by atoms with Crippen LogP contribution in [0.2, 0.25) is 0 Å². The van der Waals surface area contributed by atoms with Crippen LogP contribution in [0.15, 0.2) is 16.6 Å². The van der Waals surface area contributed by atoms with Crippen LogP contribution in [0.4, 0.5) is 5.69 Å². The van der Waals surface area contributed by atoms with Gasteiger partial charge in [0, 0.05) is 21.8 Å². The molecule has 0 saturated heterocycles. The highest BCUT2D eigenvalue weighted by atomic mass is 79.9. The molecule has 0 aliphatic heterocycles. The van der Waals surface area contributed by atoms with Crippen LogP contribution >= 0.6 is 15.9 Å². The summed E-state index contributed by atoms with van der Waals surface area (Å²) in [6.45, 7) is 5.98. The fourth-order valence-electron chi connectivity index (χ4n) is 1.74. The number of benzene rings is 1. The van der Waals surface area contributed by atoms with E-state index in [2.05, 4.69) is 28.2 Å². The Kier molecular flexibility index (Phi) is 5.00. The normalized spacial score (nSPS) is 12.2. The molecule has 0 fully saturated rings. The first-order valence-electron chi connectivity index (χ1n) is 5.82. The van der Waals surface area contributed by atoms with Crippen LogP contribution in [0.5, 0.6) is 0 Å². The number of nitrogens with two attached hydrogens (primary N) is 1. The van der Waals surface area contributed by atoms with Crippen LogP contribution in [0.3, 0.4) is 0 Å². The number of hydrogen-bond donors (Lipinski definition) is 2. The van der Waals surface area contributed by atoms with E-state index in [1.807, 2.05) is 19.9 Å². The Morgan fingerprint density at radius 1 is 1.53 bits per heavy atom. The molecule has 1 rings (SSSR count). The summed E-state index contributed by atoms with van der Waals surface area (Å²) >= 11 is 3.35. The first-order valence-corrected chi connectivity index (χ1v) is 6.61. The van der Waals surface area contributed by atoms with Crippen molar-refractivity contribution in [2.75, 3.05) is 5.73 Å². The standard InChI is InChI=1S/C13H19BrN2O/c1-4-5-8(2)16-13(17)11-6-10(14)7-12(15)9(11)3/h6-8H,4-5,15H2,1-3H3,(H,16,17). The number of carbonyl (C=O) groups excluding carboxylic acids is 1. The molecule has 1 aromatic rings. The highest BCUT2D eigenvalue weighted by Gasteiger charge is 2.14. The minimum atomic E-state index is -0.0588. The number of nitrogen functional groups attached to an aromatic ring is 1. The third-order valence-electron chi connectivity index (χ3n) is 2.76. The molecule has 0 spiro atoms. The van der Waals surface area contributed by atoms with E-state index in [9.17, 15) is 4.79 Å². The summed E-state index contributed by atoms with van der Waals surface area (Å²) in [5.74, 6) is -0.0588. The molecule has 0 aliphatic rings. The Morgan fingerprint density at radius 2 is 2.18 bits per heavy atom. The SMILES string of the molecule is CCCC(C)NC(=O)c1cc(Br)cc(N)c1C. The topological polar surface area (TPSA) is 55.1 Å². The molecule has 17 heavy (non-hydrogen) atoms. The van der Waals surface area contributed by atoms with Gasteiger partial charge in [0.1, 0.15) is 0 Å². The first kappa shape index (κ1) is 14.0. The van der Waals surface area contributed by atoms with Gasteiger partial charge >= 0.3 is 0 Å². The molecule has 0 bridgehead atoms. The summed E-state index contributed by atoms with van der Waals surface area (Å²) in [7, 11) is 0. The number of nitrogens with one attached hydrogen (secondary N) is 1. The second kappa shape index (κ2) is 6.05. The number of hydrogen-bond acceptors (Lipinski definition) is 2. The number of anilines is 1. The van der Waals surface area contributed by atoms with Crippen LogP contribution < -0.4 is 11.1 Å². The monoisotopic (exact) mass is 298 g/mol. The van der Waals surface area contributed by atoms with Gasteiger partial charge in [0.2, 0.25) is 0 Å². The van der Waals surface area contributed by atoms with Crippen molar-refractivity contribution in [3.05, 3.63) is 27.7 Å². The summed E-state index contributed by atoms with van der Waals surface area (Å²) in [6.07, 6.45) is 2.04. The molecule has 0 aromatic heterocycles. The van der Waals surface area contributed by atoms with Crippen molar-refractivity contribution in [3.63, 3.8) is 0 Å². The highest BCUT2D eigenvalue weighted by Crippen LogP contribution is 2.22. The lowest BCUT2D eigenvalue weighted by Crippen LogP contribution is -2.32. The van der Waals surface area contributed by atoms with Gasteiger partial charge in [-0.1, -0.05) is 29.3 Å². The van der Waals surface area contributed by atoms with Gasteiger partial charge in [-0.15, -0.1) is 0 Å². The maximum absolute atomic E-state index is 12.1. The van der Waals surface area contributed by atoms with Crippen LogP contribution in [0.1, 0.15) is 42.6 Å². The maximum Gasteiger partial charge on any atom is 0.251 e. The quantitative estimate of drug-likeness (QED) is 0.838. The summed E-state index contributed by atoms with van der Waals surface area (Å²) in [6, 6.07) is 3.80.